The zero-order chi connectivity index (χ0) is 12.1. The normalized spacial score (nSPS) is 42.9. The van der Waals surface area contributed by atoms with Crippen molar-refractivity contribution in [1.29, 1.82) is 0 Å². The van der Waals surface area contributed by atoms with E-state index >= 15 is 0 Å². The Morgan fingerprint density at radius 1 is 1.25 bits per heavy atom. The molecule has 0 aromatic rings. The lowest BCUT2D eigenvalue weighted by Crippen LogP contribution is -2.41. The molecule has 0 amide bonds. The summed E-state index contributed by atoms with van der Waals surface area (Å²) in [4.78, 5) is 2.16. The van der Waals surface area contributed by atoms with E-state index in [1.807, 2.05) is 0 Å². The summed E-state index contributed by atoms with van der Waals surface area (Å²) in [6.45, 7) is 9.47. The molecule has 2 saturated carbocycles. The lowest BCUT2D eigenvalue weighted by atomic mass is 9.70. The van der Waals surface area contributed by atoms with Crippen LogP contribution in [0.3, 0.4) is 0 Å². The molecule has 0 heterocycles. The van der Waals surface area contributed by atoms with Crippen LogP contribution in [0.25, 0.3) is 0 Å². The number of hydrogen-bond donors (Lipinski definition) is 0. The third-order valence-corrected chi connectivity index (χ3v) is 5.80. The summed E-state index contributed by atoms with van der Waals surface area (Å²) < 4.78 is 6.27. The van der Waals surface area contributed by atoms with Crippen molar-refractivity contribution < 1.29 is 4.74 Å². The Kier molecular flexibility index (Phi) is 2.87. The fourth-order valence-electron chi connectivity index (χ4n) is 3.70. The summed E-state index contributed by atoms with van der Waals surface area (Å²) in [5.41, 5.74) is 0.853. The van der Waals surface area contributed by atoms with Crippen LogP contribution in [0.2, 0.25) is 0 Å². The van der Waals surface area contributed by atoms with E-state index in [1.54, 1.807) is 0 Å². The number of nitrogens with zero attached hydrogens (tertiary/aromatic N) is 1. The minimum atomic E-state index is 0.233. The van der Waals surface area contributed by atoms with Crippen LogP contribution in [0.1, 0.15) is 47.0 Å². The van der Waals surface area contributed by atoms with E-state index in [2.05, 4.69) is 46.7 Å². The standard InChI is InChI=1S/C14H27NO/c1-10(15(5)6)16-12-9-11-7-8-14(12,4)13(11,2)3/h10-12H,7-9H2,1-6H3/t10-,11-,12-,14+/m1/s1. The minimum absolute atomic E-state index is 0.233. The highest BCUT2D eigenvalue weighted by atomic mass is 16.5. The molecule has 0 unspecified atom stereocenters. The van der Waals surface area contributed by atoms with Gasteiger partial charge in [0.2, 0.25) is 0 Å². The number of ether oxygens (including phenoxy) is 1. The molecular formula is C14H27NO. The number of hydrogen-bond acceptors (Lipinski definition) is 2. The fourth-order valence-corrected chi connectivity index (χ4v) is 3.70. The van der Waals surface area contributed by atoms with Gasteiger partial charge in [-0.25, -0.2) is 0 Å². The molecule has 0 aliphatic heterocycles. The maximum absolute atomic E-state index is 6.27. The van der Waals surface area contributed by atoms with Crippen LogP contribution >= 0.6 is 0 Å². The first-order valence-corrected chi connectivity index (χ1v) is 6.61. The van der Waals surface area contributed by atoms with Crippen LogP contribution < -0.4 is 0 Å². The largest absolute Gasteiger partial charge is 0.360 e. The average Bonchev–Trinajstić information content (AvgIpc) is 2.50. The number of rotatable bonds is 3. The predicted octanol–water partition coefficient (Wildman–Crippen LogP) is 3.13. The topological polar surface area (TPSA) is 12.5 Å². The molecule has 2 nitrogen and oxygen atoms in total. The van der Waals surface area contributed by atoms with E-state index in [4.69, 9.17) is 4.74 Å². The van der Waals surface area contributed by atoms with Gasteiger partial charge in [0, 0.05) is 0 Å². The van der Waals surface area contributed by atoms with E-state index in [9.17, 15) is 0 Å². The van der Waals surface area contributed by atoms with Gasteiger partial charge >= 0.3 is 0 Å². The average molecular weight is 225 g/mol. The zero-order valence-electron chi connectivity index (χ0n) is 11.7. The maximum Gasteiger partial charge on any atom is 0.107 e. The van der Waals surface area contributed by atoms with Crippen LogP contribution in [-0.2, 0) is 4.74 Å². The number of fused-ring (bicyclic) bond motifs is 2. The van der Waals surface area contributed by atoms with Gasteiger partial charge in [0.05, 0.1) is 6.10 Å². The molecule has 2 heteroatoms. The van der Waals surface area contributed by atoms with E-state index in [1.165, 1.54) is 19.3 Å². The maximum atomic E-state index is 6.27. The summed E-state index contributed by atoms with van der Waals surface area (Å²) >= 11 is 0. The van der Waals surface area contributed by atoms with Crippen molar-refractivity contribution in [3.8, 4) is 0 Å². The highest BCUT2D eigenvalue weighted by Crippen LogP contribution is 2.66. The van der Waals surface area contributed by atoms with Crippen LogP contribution in [0, 0.1) is 16.7 Å². The molecule has 2 aliphatic carbocycles. The zero-order valence-corrected chi connectivity index (χ0v) is 11.7. The molecule has 2 bridgehead atoms. The highest BCUT2D eigenvalue weighted by Gasteiger charge is 2.62. The van der Waals surface area contributed by atoms with Crippen molar-refractivity contribution in [2.45, 2.75) is 59.3 Å². The fraction of sp³-hybridized carbons (Fsp3) is 1.00. The van der Waals surface area contributed by atoms with Crippen LogP contribution in [-0.4, -0.2) is 31.3 Å². The SMILES string of the molecule is C[C@@H](O[C@@H]1C[C@H]2CC[C@]1(C)C2(C)C)N(C)C. The second-order valence-corrected chi connectivity index (χ2v) is 6.80. The first-order valence-electron chi connectivity index (χ1n) is 6.61. The minimum Gasteiger partial charge on any atom is -0.360 e. The van der Waals surface area contributed by atoms with Crippen molar-refractivity contribution in [2.24, 2.45) is 16.7 Å². The smallest absolute Gasteiger partial charge is 0.107 e. The van der Waals surface area contributed by atoms with Gasteiger partial charge in [-0.2, -0.15) is 0 Å². The molecule has 0 spiro atoms. The van der Waals surface area contributed by atoms with Gasteiger partial charge in [-0.05, 0) is 57.0 Å². The van der Waals surface area contributed by atoms with Gasteiger partial charge in [-0.3, -0.25) is 4.90 Å². The van der Waals surface area contributed by atoms with Gasteiger partial charge < -0.3 is 4.74 Å². The van der Waals surface area contributed by atoms with E-state index in [0.717, 1.165) is 5.92 Å². The lowest BCUT2D eigenvalue weighted by Gasteiger charge is -2.40. The summed E-state index contributed by atoms with van der Waals surface area (Å²) in [6.07, 6.45) is 4.70. The van der Waals surface area contributed by atoms with Gasteiger partial charge in [0.1, 0.15) is 6.23 Å². The van der Waals surface area contributed by atoms with Crippen molar-refractivity contribution in [3.05, 3.63) is 0 Å². The molecule has 0 aromatic carbocycles. The first-order chi connectivity index (χ1) is 7.29. The molecule has 0 N–H and O–H groups in total. The van der Waals surface area contributed by atoms with E-state index < -0.39 is 0 Å². The van der Waals surface area contributed by atoms with E-state index in [0.29, 0.717) is 16.9 Å². The molecule has 2 fully saturated rings. The quantitative estimate of drug-likeness (QED) is 0.684. The third-order valence-electron chi connectivity index (χ3n) is 5.80. The first kappa shape index (κ1) is 12.4. The lowest BCUT2D eigenvalue weighted by molar-refractivity contribution is -0.123. The summed E-state index contributed by atoms with van der Waals surface area (Å²) in [7, 11) is 4.18. The monoisotopic (exact) mass is 225 g/mol. The van der Waals surface area contributed by atoms with Crippen molar-refractivity contribution in [3.63, 3.8) is 0 Å². The van der Waals surface area contributed by atoms with Gasteiger partial charge in [0.15, 0.2) is 0 Å². The van der Waals surface area contributed by atoms with Gasteiger partial charge in [-0.15, -0.1) is 0 Å². The molecule has 2 aliphatic rings. The van der Waals surface area contributed by atoms with Crippen LogP contribution in [0.5, 0.6) is 0 Å². The molecule has 2 rings (SSSR count). The molecule has 0 saturated heterocycles. The summed E-state index contributed by atoms with van der Waals surface area (Å²) in [5.74, 6) is 0.872. The molecular weight excluding hydrogens is 198 g/mol. The highest BCUT2D eigenvalue weighted by molar-refractivity contribution is 5.11. The van der Waals surface area contributed by atoms with Crippen molar-refractivity contribution in [2.75, 3.05) is 14.1 Å². The van der Waals surface area contributed by atoms with Gasteiger partial charge in [-0.1, -0.05) is 20.8 Å². The predicted molar refractivity (Wildman–Crippen MR) is 67.3 cm³/mol. The molecule has 94 valence electrons. The Hall–Kier alpha value is -0.0800. The van der Waals surface area contributed by atoms with Crippen molar-refractivity contribution in [1.82, 2.24) is 4.90 Å². The summed E-state index contributed by atoms with van der Waals surface area (Å²) in [5, 5.41) is 0. The Morgan fingerprint density at radius 3 is 2.25 bits per heavy atom. The van der Waals surface area contributed by atoms with E-state index in [-0.39, 0.29) is 6.23 Å². The Labute approximate surface area is 100 Å². The summed E-state index contributed by atoms with van der Waals surface area (Å²) in [6, 6.07) is 0. The van der Waals surface area contributed by atoms with Crippen LogP contribution in [0.4, 0.5) is 0 Å². The molecule has 16 heavy (non-hydrogen) atoms. The second-order valence-electron chi connectivity index (χ2n) is 6.80. The van der Waals surface area contributed by atoms with Crippen molar-refractivity contribution >= 4 is 0 Å². The Bertz CT molecular complexity index is 274. The van der Waals surface area contributed by atoms with Gasteiger partial charge in [0.25, 0.3) is 0 Å². The molecule has 4 atom stereocenters. The molecule has 0 radical (unpaired) electrons. The Balaban J connectivity index is 2.10. The Morgan fingerprint density at radius 2 is 1.88 bits per heavy atom. The molecule has 0 aromatic heterocycles. The third kappa shape index (κ3) is 1.53. The van der Waals surface area contributed by atoms with Crippen LogP contribution in [0.15, 0.2) is 0 Å². The second kappa shape index (κ2) is 3.71.